The van der Waals surface area contributed by atoms with Crippen LogP contribution in [0.15, 0.2) is 29.2 Å². The number of fused-ring (bicyclic) bond motifs is 1. The van der Waals surface area contributed by atoms with Crippen molar-refractivity contribution >= 4 is 17.5 Å². The van der Waals surface area contributed by atoms with Gasteiger partial charge in [0.05, 0.1) is 12.2 Å². The van der Waals surface area contributed by atoms with Crippen molar-refractivity contribution in [1.29, 1.82) is 0 Å². The third-order valence-corrected chi connectivity index (χ3v) is 4.88. The molecule has 0 radical (unpaired) electrons. The van der Waals surface area contributed by atoms with Crippen molar-refractivity contribution in [2.24, 2.45) is 0 Å². The highest BCUT2D eigenvalue weighted by atomic mass is 32.2. The maximum Gasteiger partial charge on any atom is 0.182 e. The molecule has 0 aliphatic heterocycles. The largest absolute Gasteiger partial charge is 0.324 e. The molecule has 0 N–H and O–H groups in total. The van der Waals surface area contributed by atoms with E-state index in [2.05, 4.69) is 9.55 Å². The topological polar surface area (TPSA) is 34.9 Å². The van der Waals surface area contributed by atoms with Crippen LogP contribution in [-0.4, -0.2) is 21.6 Å². The molecule has 3 nitrogen and oxygen atoms in total. The number of carbonyl (C=O) groups excluding carboxylic acids is 1. The Balaban J connectivity index is 1.82. The molecule has 0 unspecified atom stereocenters. The van der Waals surface area contributed by atoms with Crippen molar-refractivity contribution in [3.8, 4) is 0 Å². The minimum absolute atomic E-state index is 0.163. The predicted octanol–water partition coefficient (Wildman–Crippen LogP) is 3.68. The second-order valence-corrected chi connectivity index (χ2v) is 6.38. The SMILES string of the molecule is CSc1ccc(C(=O)Cn2c(C)nc3c2CCCC3)cc1. The maximum atomic E-state index is 12.5. The summed E-state index contributed by atoms with van der Waals surface area (Å²) in [4.78, 5) is 18.3. The second kappa shape index (κ2) is 6.06. The van der Waals surface area contributed by atoms with Crippen molar-refractivity contribution in [2.75, 3.05) is 6.26 Å². The van der Waals surface area contributed by atoms with E-state index in [9.17, 15) is 4.79 Å². The number of carbonyl (C=O) groups is 1. The molecule has 2 aromatic rings. The summed E-state index contributed by atoms with van der Waals surface area (Å²) >= 11 is 1.69. The second-order valence-electron chi connectivity index (χ2n) is 5.50. The van der Waals surface area contributed by atoms with Gasteiger partial charge in [-0.3, -0.25) is 4.79 Å². The lowest BCUT2D eigenvalue weighted by molar-refractivity contribution is 0.0970. The van der Waals surface area contributed by atoms with Crippen LogP contribution in [0.25, 0.3) is 0 Å². The van der Waals surface area contributed by atoms with Crippen LogP contribution < -0.4 is 0 Å². The molecule has 0 spiro atoms. The van der Waals surface area contributed by atoms with Gasteiger partial charge < -0.3 is 4.57 Å². The molecule has 110 valence electrons. The first-order chi connectivity index (χ1) is 10.2. The van der Waals surface area contributed by atoms with Crippen LogP contribution in [0.4, 0.5) is 0 Å². The van der Waals surface area contributed by atoms with Crippen LogP contribution in [0.1, 0.15) is 40.4 Å². The van der Waals surface area contributed by atoms with Gasteiger partial charge in [0.1, 0.15) is 5.82 Å². The van der Waals surface area contributed by atoms with Gasteiger partial charge in [-0.05, 0) is 51.0 Å². The summed E-state index contributed by atoms with van der Waals surface area (Å²) in [5.41, 5.74) is 3.25. The fourth-order valence-corrected chi connectivity index (χ4v) is 3.37. The number of benzene rings is 1. The summed E-state index contributed by atoms with van der Waals surface area (Å²) < 4.78 is 2.11. The molecular formula is C17H20N2OS. The number of hydrogen-bond acceptors (Lipinski definition) is 3. The molecule has 0 atom stereocenters. The molecule has 1 aliphatic carbocycles. The Kier molecular flexibility index (Phi) is 4.15. The first kappa shape index (κ1) is 14.4. The quantitative estimate of drug-likeness (QED) is 0.638. The number of rotatable bonds is 4. The van der Waals surface area contributed by atoms with E-state index in [0.717, 1.165) is 24.2 Å². The minimum atomic E-state index is 0.163. The van der Waals surface area contributed by atoms with Crippen LogP contribution in [0.2, 0.25) is 0 Å². The Morgan fingerprint density at radius 3 is 2.67 bits per heavy atom. The Bertz CT molecular complexity index is 658. The van der Waals surface area contributed by atoms with Gasteiger partial charge in [0, 0.05) is 16.2 Å². The van der Waals surface area contributed by atoms with Crippen LogP contribution in [0, 0.1) is 6.92 Å². The van der Waals surface area contributed by atoms with Gasteiger partial charge in [0.25, 0.3) is 0 Å². The number of ketones is 1. The standard InChI is InChI=1S/C17H20N2OS/c1-12-18-15-5-3-4-6-16(15)19(12)11-17(20)13-7-9-14(21-2)10-8-13/h7-10H,3-6,11H2,1-2H3. The van der Waals surface area contributed by atoms with Crippen molar-refractivity contribution in [3.63, 3.8) is 0 Å². The molecular weight excluding hydrogens is 280 g/mol. The normalized spacial score (nSPS) is 14.0. The lowest BCUT2D eigenvalue weighted by Crippen LogP contribution is -2.16. The summed E-state index contributed by atoms with van der Waals surface area (Å²) in [6, 6.07) is 7.86. The molecule has 1 aliphatic rings. The van der Waals surface area contributed by atoms with Gasteiger partial charge >= 0.3 is 0 Å². The highest BCUT2D eigenvalue weighted by Crippen LogP contribution is 2.23. The Hall–Kier alpha value is -1.55. The number of imidazole rings is 1. The van der Waals surface area contributed by atoms with Gasteiger partial charge in [-0.2, -0.15) is 0 Å². The molecule has 0 amide bonds. The van der Waals surface area contributed by atoms with Gasteiger partial charge in [0.2, 0.25) is 0 Å². The maximum absolute atomic E-state index is 12.5. The van der Waals surface area contributed by atoms with Crippen LogP contribution in [0.5, 0.6) is 0 Å². The Labute approximate surface area is 129 Å². The summed E-state index contributed by atoms with van der Waals surface area (Å²) in [5, 5.41) is 0. The highest BCUT2D eigenvalue weighted by Gasteiger charge is 2.19. The van der Waals surface area contributed by atoms with Crippen molar-refractivity contribution in [1.82, 2.24) is 9.55 Å². The molecule has 1 aromatic carbocycles. The summed E-state index contributed by atoms with van der Waals surface area (Å²) in [6.07, 6.45) is 6.56. The molecule has 0 saturated carbocycles. The van der Waals surface area contributed by atoms with E-state index >= 15 is 0 Å². The molecule has 0 saturated heterocycles. The number of hydrogen-bond donors (Lipinski definition) is 0. The highest BCUT2D eigenvalue weighted by molar-refractivity contribution is 7.98. The van der Waals surface area contributed by atoms with E-state index in [-0.39, 0.29) is 5.78 Å². The van der Waals surface area contributed by atoms with Crippen molar-refractivity contribution in [3.05, 3.63) is 47.0 Å². The lowest BCUT2D eigenvalue weighted by atomic mass is 10.0. The first-order valence-corrected chi connectivity index (χ1v) is 8.63. The number of aryl methyl sites for hydroxylation is 2. The van der Waals surface area contributed by atoms with E-state index < -0.39 is 0 Å². The third-order valence-electron chi connectivity index (χ3n) is 4.14. The van der Waals surface area contributed by atoms with E-state index in [0.29, 0.717) is 6.54 Å². The van der Waals surface area contributed by atoms with E-state index in [4.69, 9.17) is 0 Å². The van der Waals surface area contributed by atoms with Gasteiger partial charge in [-0.25, -0.2) is 4.98 Å². The van der Waals surface area contributed by atoms with Gasteiger partial charge in [-0.15, -0.1) is 11.8 Å². The number of Topliss-reactive ketones (excluding diaryl/α,β-unsaturated/α-hetero) is 1. The Morgan fingerprint density at radius 1 is 1.24 bits per heavy atom. The number of aromatic nitrogens is 2. The molecule has 0 bridgehead atoms. The molecule has 21 heavy (non-hydrogen) atoms. The van der Waals surface area contributed by atoms with Crippen molar-refractivity contribution in [2.45, 2.75) is 44.0 Å². The average molecular weight is 300 g/mol. The van der Waals surface area contributed by atoms with Gasteiger partial charge in [0.15, 0.2) is 5.78 Å². The monoisotopic (exact) mass is 300 g/mol. The summed E-state index contributed by atoms with van der Waals surface area (Å²) in [7, 11) is 0. The Morgan fingerprint density at radius 2 is 1.95 bits per heavy atom. The third kappa shape index (κ3) is 2.91. The molecule has 1 heterocycles. The van der Waals surface area contributed by atoms with E-state index in [1.807, 2.05) is 37.4 Å². The zero-order valence-electron chi connectivity index (χ0n) is 12.6. The summed E-state index contributed by atoms with van der Waals surface area (Å²) in [6.45, 7) is 2.41. The zero-order valence-corrected chi connectivity index (χ0v) is 13.4. The van der Waals surface area contributed by atoms with E-state index in [1.54, 1.807) is 11.8 Å². The number of nitrogens with zero attached hydrogens (tertiary/aromatic N) is 2. The predicted molar refractivity (Wildman–Crippen MR) is 86.2 cm³/mol. The number of thioether (sulfide) groups is 1. The average Bonchev–Trinajstić information content (AvgIpc) is 2.83. The smallest absolute Gasteiger partial charge is 0.182 e. The first-order valence-electron chi connectivity index (χ1n) is 7.41. The van der Waals surface area contributed by atoms with Crippen LogP contribution in [0.3, 0.4) is 0 Å². The van der Waals surface area contributed by atoms with Crippen molar-refractivity contribution < 1.29 is 4.79 Å². The zero-order chi connectivity index (χ0) is 14.8. The summed E-state index contributed by atoms with van der Waals surface area (Å²) in [5.74, 6) is 1.13. The van der Waals surface area contributed by atoms with Crippen LogP contribution in [-0.2, 0) is 19.4 Å². The fourth-order valence-electron chi connectivity index (χ4n) is 2.96. The minimum Gasteiger partial charge on any atom is -0.324 e. The van der Waals surface area contributed by atoms with E-state index in [1.165, 1.54) is 29.1 Å². The lowest BCUT2D eigenvalue weighted by Gasteiger charge is -2.14. The van der Waals surface area contributed by atoms with Crippen LogP contribution >= 0.6 is 11.8 Å². The molecule has 0 fully saturated rings. The molecule has 3 rings (SSSR count). The van der Waals surface area contributed by atoms with Gasteiger partial charge in [-0.1, -0.05) is 12.1 Å². The molecule has 4 heteroatoms. The molecule has 1 aromatic heterocycles. The fraction of sp³-hybridized carbons (Fsp3) is 0.412.